The predicted octanol–water partition coefficient (Wildman–Crippen LogP) is 5.37. The molecule has 1 amide bonds. The topological polar surface area (TPSA) is 71.7 Å². The Morgan fingerprint density at radius 1 is 0.900 bits per heavy atom. The van der Waals surface area contributed by atoms with Gasteiger partial charge >= 0.3 is 0 Å². The Labute approximate surface area is 174 Å². The predicted molar refractivity (Wildman–Crippen MR) is 116 cm³/mol. The van der Waals surface area contributed by atoms with Crippen LogP contribution in [0, 0.1) is 0 Å². The first-order valence-electron chi connectivity index (χ1n) is 9.53. The summed E-state index contributed by atoms with van der Waals surface area (Å²) in [6.45, 7) is -0.168. The van der Waals surface area contributed by atoms with Gasteiger partial charge in [0.05, 0.1) is 12.8 Å². The van der Waals surface area contributed by atoms with Gasteiger partial charge in [0.25, 0.3) is 5.91 Å². The molecular formula is C25H21NO4. The highest BCUT2D eigenvalue weighted by Gasteiger charge is 2.13. The first-order chi connectivity index (χ1) is 14.7. The van der Waals surface area contributed by atoms with Crippen LogP contribution in [-0.2, 0) is 6.61 Å². The normalized spacial score (nSPS) is 10.6. The number of benzene rings is 3. The molecule has 0 saturated heterocycles. The number of methoxy groups -OCH3 is 1. The van der Waals surface area contributed by atoms with Crippen molar-refractivity contribution in [3.8, 4) is 28.2 Å². The summed E-state index contributed by atoms with van der Waals surface area (Å²) in [5, 5.41) is 12.1. The van der Waals surface area contributed by atoms with Crippen molar-refractivity contribution in [2.45, 2.75) is 6.61 Å². The van der Waals surface area contributed by atoms with Crippen LogP contribution >= 0.6 is 0 Å². The molecule has 0 radical (unpaired) electrons. The minimum Gasteiger partial charge on any atom is -0.495 e. The fourth-order valence-corrected chi connectivity index (χ4v) is 3.22. The number of anilines is 1. The lowest BCUT2D eigenvalue weighted by molar-refractivity contribution is 0.102. The van der Waals surface area contributed by atoms with E-state index in [4.69, 9.17) is 9.15 Å². The third-order valence-corrected chi connectivity index (χ3v) is 4.80. The van der Waals surface area contributed by atoms with Gasteiger partial charge in [-0.3, -0.25) is 4.79 Å². The molecule has 0 unspecified atom stereocenters. The van der Waals surface area contributed by atoms with Gasteiger partial charge in [-0.15, -0.1) is 0 Å². The second-order valence-corrected chi connectivity index (χ2v) is 6.74. The number of aliphatic hydroxyl groups excluding tert-OH is 1. The molecule has 0 fully saturated rings. The largest absolute Gasteiger partial charge is 0.495 e. The highest BCUT2D eigenvalue weighted by atomic mass is 16.5. The lowest BCUT2D eigenvalue weighted by Crippen LogP contribution is -2.12. The molecule has 0 bridgehead atoms. The Morgan fingerprint density at radius 3 is 2.27 bits per heavy atom. The van der Waals surface area contributed by atoms with Crippen LogP contribution in [0.3, 0.4) is 0 Å². The standard InChI is InChI=1S/C25H21NO4/c1-29-24-13-11-20(23-14-12-21(16-27)30-23)15-22(24)26-25(28)19-9-7-18(8-10-19)17-5-3-2-4-6-17/h2-15,27H,16H2,1H3,(H,26,28). The maximum atomic E-state index is 12.8. The van der Waals surface area contributed by atoms with Gasteiger partial charge in [-0.2, -0.15) is 0 Å². The van der Waals surface area contributed by atoms with Crippen LogP contribution in [0.2, 0.25) is 0 Å². The van der Waals surface area contributed by atoms with Gasteiger partial charge in [0.2, 0.25) is 0 Å². The molecule has 30 heavy (non-hydrogen) atoms. The average Bonchev–Trinajstić information content (AvgIpc) is 3.29. The number of nitrogens with one attached hydrogen (secondary N) is 1. The summed E-state index contributed by atoms with van der Waals surface area (Å²) in [6.07, 6.45) is 0. The Hall–Kier alpha value is -3.83. The van der Waals surface area contributed by atoms with Crippen LogP contribution in [0.25, 0.3) is 22.5 Å². The highest BCUT2D eigenvalue weighted by Crippen LogP contribution is 2.32. The molecule has 0 aliphatic rings. The van der Waals surface area contributed by atoms with E-state index < -0.39 is 0 Å². The number of rotatable bonds is 6. The van der Waals surface area contributed by atoms with E-state index >= 15 is 0 Å². The molecule has 5 nitrogen and oxygen atoms in total. The Balaban J connectivity index is 1.57. The number of carbonyl (C=O) groups excluding carboxylic acids is 1. The molecule has 0 aliphatic heterocycles. The molecule has 0 aliphatic carbocycles. The van der Waals surface area contributed by atoms with Gasteiger partial charge in [0, 0.05) is 11.1 Å². The number of hydrogen-bond acceptors (Lipinski definition) is 4. The SMILES string of the molecule is COc1ccc(-c2ccc(CO)o2)cc1NC(=O)c1ccc(-c2ccccc2)cc1. The molecule has 0 atom stereocenters. The van der Waals surface area contributed by atoms with Gasteiger partial charge in [0.1, 0.15) is 23.9 Å². The number of amides is 1. The fraction of sp³-hybridized carbons (Fsp3) is 0.0800. The lowest BCUT2D eigenvalue weighted by Gasteiger charge is -2.12. The number of carbonyl (C=O) groups is 1. The highest BCUT2D eigenvalue weighted by molar-refractivity contribution is 6.05. The van der Waals surface area contributed by atoms with Crippen LogP contribution in [0.4, 0.5) is 5.69 Å². The third-order valence-electron chi connectivity index (χ3n) is 4.80. The summed E-state index contributed by atoms with van der Waals surface area (Å²) in [7, 11) is 1.55. The zero-order valence-electron chi connectivity index (χ0n) is 16.5. The summed E-state index contributed by atoms with van der Waals surface area (Å²) in [5.41, 5.74) is 3.99. The fourth-order valence-electron chi connectivity index (χ4n) is 3.22. The number of ether oxygens (including phenoxy) is 1. The molecule has 5 heteroatoms. The van der Waals surface area contributed by atoms with Crippen LogP contribution in [0.1, 0.15) is 16.1 Å². The number of furan rings is 1. The summed E-state index contributed by atoms with van der Waals surface area (Å²) in [4.78, 5) is 12.8. The summed E-state index contributed by atoms with van der Waals surface area (Å²) in [5.74, 6) is 1.39. The summed E-state index contributed by atoms with van der Waals surface area (Å²) >= 11 is 0. The van der Waals surface area contributed by atoms with Crippen molar-refractivity contribution in [3.05, 3.63) is 96.3 Å². The van der Waals surface area contributed by atoms with E-state index in [1.54, 1.807) is 43.5 Å². The van der Waals surface area contributed by atoms with E-state index in [-0.39, 0.29) is 12.5 Å². The molecule has 2 N–H and O–H groups in total. The molecule has 150 valence electrons. The molecular weight excluding hydrogens is 378 g/mol. The molecule has 0 spiro atoms. The minimum atomic E-state index is -0.236. The van der Waals surface area contributed by atoms with Crippen molar-refractivity contribution < 1.29 is 19.1 Å². The smallest absolute Gasteiger partial charge is 0.255 e. The molecule has 0 saturated carbocycles. The molecule has 4 aromatic rings. The maximum absolute atomic E-state index is 12.8. The first-order valence-corrected chi connectivity index (χ1v) is 9.53. The summed E-state index contributed by atoms with van der Waals surface area (Å²) < 4.78 is 11.0. The van der Waals surface area contributed by atoms with Crippen LogP contribution in [0.5, 0.6) is 5.75 Å². The van der Waals surface area contributed by atoms with E-state index in [1.165, 1.54) is 0 Å². The first kappa shape index (κ1) is 19.5. The quantitative estimate of drug-likeness (QED) is 0.457. The van der Waals surface area contributed by atoms with Crippen molar-refractivity contribution in [1.82, 2.24) is 0 Å². The van der Waals surface area contributed by atoms with E-state index in [9.17, 15) is 9.90 Å². The van der Waals surface area contributed by atoms with Crippen LogP contribution < -0.4 is 10.1 Å². The Kier molecular flexibility index (Phi) is 5.63. The van der Waals surface area contributed by atoms with Crippen molar-refractivity contribution >= 4 is 11.6 Å². The number of hydrogen-bond donors (Lipinski definition) is 2. The number of aliphatic hydroxyl groups is 1. The third kappa shape index (κ3) is 4.11. The van der Waals surface area contributed by atoms with Crippen molar-refractivity contribution in [3.63, 3.8) is 0 Å². The van der Waals surface area contributed by atoms with E-state index in [0.29, 0.717) is 28.5 Å². The van der Waals surface area contributed by atoms with Gasteiger partial charge in [-0.05, 0) is 53.6 Å². The van der Waals surface area contributed by atoms with Crippen molar-refractivity contribution in [2.24, 2.45) is 0 Å². The second-order valence-electron chi connectivity index (χ2n) is 6.74. The van der Waals surface area contributed by atoms with Gasteiger partial charge in [-0.1, -0.05) is 42.5 Å². The van der Waals surface area contributed by atoms with Crippen LogP contribution in [-0.4, -0.2) is 18.1 Å². The van der Waals surface area contributed by atoms with Gasteiger partial charge in [-0.25, -0.2) is 0 Å². The van der Waals surface area contributed by atoms with E-state index in [2.05, 4.69) is 5.32 Å². The van der Waals surface area contributed by atoms with Gasteiger partial charge in [0.15, 0.2) is 0 Å². The lowest BCUT2D eigenvalue weighted by atomic mass is 10.0. The summed E-state index contributed by atoms with van der Waals surface area (Å²) in [6, 6.07) is 26.3. The van der Waals surface area contributed by atoms with E-state index in [1.807, 2.05) is 48.5 Å². The Morgan fingerprint density at radius 2 is 1.60 bits per heavy atom. The van der Waals surface area contributed by atoms with Crippen LogP contribution in [0.15, 0.2) is 89.3 Å². The van der Waals surface area contributed by atoms with Crippen molar-refractivity contribution in [1.29, 1.82) is 0 Å². The molecule has 1 heterocycles. The van der Waals surface area contributed by atoms with E-state index in [0.717, 1.165) is 16.7 Å². The van der Waals surface area contributed by atoms with Crippen molar-refractivity contribution in [2.75, 3.05) is 12.4 Å². The maximum Gasteiger partial charge on any atom is 0.255 e. The van der Waals surface area contributed by atoms with Gasteiger partial charge < -0.3 is 19.6 Å². The minimum absolute atomic E-state index is 0.168. The molecule has 3 aromatic carbocycles. The second kappa shape index (κ2) is 8.68. The zero-order valence-corrected chi connectivity index (χ0v) is 16.5. The monoisotopic (exact) mass is 399 g/mol. The Bertz CT molecular complexity index is 1150. The molecule has 4 rings (SSSR count). The average molecular weight is 399 g/mol. The zero-order chi connectivity index (χ0) is 20.9. The molecule has 1 aromatic heterocycles.